The van der Waals surface area contributed by atoms with Crippen LogP contribution in [0.1, 0.15) is 36.9 Å². The van der Waals surface area contributed by atoms with E-state index in [0.717, 1.165) is 36.9 Å². The van der Waals surface area contributed by atoms with E-state index in [-0.39, 0.29) is 42.7 Å². The number of nitrogens with zero attached hydrogens (tertiary/aromatic N) is 3. The lowest BCUT2D eigenvalue weighted by atomic mass is 10.1. The summed E-state index contributed by atoms with van der Waals surface area (Å²) in [6, 6.07) is 10.4. The molecule has 2 amide bonds. The molecule has 0 aliphatic heterocycles. The van der Waals surface area contributed by atoms with E-state index >= 15 is 0 Å². The average Bonchev–Trinajstić information content (AvgIpc) is 3.59. The summed E-state index contributed by atoms with van der Waals surface area (Å²) < 4.78 is 15.1. The first-order valence-corrected chi connectivity index (χ1v) is 9.95. The van der Waals surface area contributed by atoms with Crippen LogP contribution >= 0.6 is 0 Å². The Balaban J connectivity index is 1.42. The lowest BCUT2D eigenvalue weighted by molar-refractivity contribution is -0.141. The van der Waals surface area contributed by atoms with Gasteiger partial charge in [-0.05, 0) is 55.5 Å². The molecule has 0 N–H and O–H groups in total. The first-order chi connectivity index (χ1) is 13.5. The lowest BCUT2D eigenvalue weighted by Gasteiger charge is -2.28. The molecule has 2 fully saturated rings. The van der Waals surface area contributed by atoms with Crippen molar-refractivity contribution in [3.63, 3.8) is 0 Å². The maximum atomic E-state index is 13.1. The van der Waals surface area contributed by atoms with Gasteiger partial charge >= 0.3 is 0 Å². The van der Waals surface area contributed by atoms with E-state index < -0.39 is 0 Å². The first-order valence-electron chi connectivity index (χ1n) is 9.95. The molecule has 0 spiro atoms. The third-order valence-corrected chi connectivity index (χ3v) is 5.57. The largest absolute Gasteiger partial charge is 0.353 e. The fourth-order valence-electron chi connectivity index (χ4n) is 3.56. The van der Waals surface area contributed by atoms with Gasteiger partial charge in [-0.2, -0.15) is 0 Å². The number of hydrogen-bond acceptors (Lipinski definition) is 2. The zero-order chi connectivity index (χ0) is 19.7. The molecule has 1 aromatic heterocycles. The van der Waals surface area contributed by atoms with E-state index in [1.165, 1.54) is 12.1 Å². The highest BCUT2D eigenvalue weighted by Crippen LogP contribution is 2.31. The summed E-state index contributed by atoms with van der Waals surface area (Å²) in [5.74, 6) is -0.355. The van der Waals surface area contributed by atoms with Gasteiger partial charge in [0.25, 0.3) is 0 Å². The van der Waals surface area contributed by atoms with Crippen molar-refractivity contribution in [1.29, 1.82) is 0 Å². The molecule has 0 radical (unpaired) electrons. The molecule has 2 saturated carbocycles. The van der Waals surface area contributed by atoms with E-state index in [1.807, 2.05) is 34.8 Å². The number of benzene rings is 1. The number of carbonyl (C=O) groups excluding carboxylic acids is 2. The molecule has 148 valence electrons. The second-order valence-corrected chi connectivity index (χ2v) is 7.92. The zero-order valence-electron chi connectivity index (χ0n) is 16.2. The smallest absolute Gasteiger partial charge is 0.242 e. The number of aryl methyl sites for hydroxylation is 1. The zero-order valence-corrected chi connectivity index (χ0v) is 16.2. The SMILES string of the molecule is Cn1cccc1CN(C(=O)CN(C(=O)Cc1ccc(F)cc1)C1CC1)C1CC1. The van der Waals surface area contributed by atoms with Crippen molar-refractivity contribution in [2.75, 3.05) is 6.54 Å². The van der Waals surface area contributed by atoms with E-state index in [1.54, 1.807) is 17.0 Å². The molecular weight excluding hydrogens is 357 g/mol. The topological polar surface area (TPSA) is 45.6 Å². The third-order valence-electron chi connectivity index (χ3n) is 5.57. The molecule has 6 heteroatoms. The molecular formula is C22H26FN3O2. The fraction of sp³-hybridized carbons (Fsp3) is 0.455. The molecule has 0 saturated heterocycles. The van der Waals surface area contributed by atoms with E-state index in [9.17, 15) is 14.0 Å². The van der Waals surface area contributed by atoms with Crippen molar-refractivity contribution < 1.29 is 14.0 Å². The van der Waals surface area contributed by atoms with E-state index in [4.69, 9.17) is 0 Å². The Morgan fingerprint density at radius 2 is 1.64 bits per heavy atom. The highest BCUT2D eigenvalue weighted by molar-refractivity contribution is 5.86. The minimum atomic E-state index is -0.314. The van der Waals surface area contributed by atoms with Crippen LogP contribution in [-0.2, 0) is 29.6 Å². The van der Waals surface area contributed by atoms with Crippen LogP contribution in [0.3, 0.4) is 0 Å². The molecule has 5 nitrogen and oxygen atoms in total. The second-order valence-electron chi connectivity index (χ2n) is 7.92. The first kappa shape index (κ1) is 18.7. The van der Waals surface area contributed by atoms with E-state index in [0.29, 0.717) is 6.54 Å². The molecule has 0 bridgehead atoms. The van der Waals surface area contributed by atoms with Crippen LogP contribution < -0.4 is 0 Å². The van der Waals surface area contributed by atoms with Crippen LogP contribution in [0.25, 0.3) is 0 Å². The Morgan fingerprint density at radius 1 is 1.00 bits per heavy atom. The minimum Gasteiger partial charge on any atom is -0.353 e. The van der Waals surface area contributed by atoms with Gasteiger partial charge in [-0.1, -0.05) is 12.1 Å². The summed E-state index contributed by atoms with van der Waals surface area (Å²) in [7, 11) is 1.98. The summed E-state index contributed by atoms with van der Waals surface area (Å²) >= 11 is 0. The standard InChI is InChI=1S/C22H26FN3O2/c1-24-12-2-3-20(24)14-25(18-8-9-18)22(28)15-26(19-10-11-19)21(27)13-16-4-6-17(23)7-5-16/h2-7,12,18-19H,8-11,13-15H2,1H3. The maximum Gasteiger partial charge on any atom is 0.242 e. The normalized spacial score (nSPS) is 16.1. The van der Waals surface area contributed by atoms with Gasteiger partial charge in [-0.3, -0.25) is 9.59 Å². The van der Waals surface area contributed by atoms with Gasteiger partial charge in [0.2, 0.25) is 11.8 Å². The number of halogens is 1. The summed E-state index contributed by atoms with van der Waals surface area (Å²) in [5.41, 5.74) is 1.86. The number of carbonyl (C=O) groups is 2. The van der Waals surface area contributed by atoms with Crippen molar-refractivity contribution >= 4 is 11.8 Å². The maximum absolute atomic E-state index is 13.1. The number of hydrogen-bond donors (Lipinski definition) is 0. The van der Waals surface area contributed by atoms with Crippen LogP contribution in [0.5, 0.6) is 0 Å². The van der Waals surface area contributed by atoms with Crippen molar-refractivity contribution in [3.05, 3.63) is 59.7 Å². The molecule has 1 aromatic carbocycles. The molecule has 4 rings (SSSR count). The molecule has 0 atom stereocenters. The van der Waals surface area contributed by atoms with Gasteiger partial charge < -0.3 is 14.4 Å². The predicted molar refractivity (Wildman–Crippen MR) is 104 cm³/mol. The van der Waals surface area contributed by atoms with Crippen molar-refractivity contribution in [2.24, 2.45) is 7.05 Å². The Bertz CT molecular complexity index is 853. The second kappa shape index (κ2) is 7.78. The highest BCUT2D eigenvalue weighted by atomic mass is 19.1. The van der Waals surface area contributed by atoms with Gasteiger partial charge in [0, 0.05) is 31.0 Å². The van der Waals surface area contributed by atoms with Crippen LogP contribution in [0.15, 0.2) is 42.6 Å². The fourth-order valence-corrected chi connectivity index (χ4v) is 3.56. The Kier molecular flexibility index (Phi) is 5.20. The van der Waals surface area contributed by atoms with Gasteiger partial charge in [-0.25, -0.2) is 4.39 Å². The van der Waals surface area contributed by atoms with Crippen LogP contribution in [0, 0.1) is 5.82 Å². The highest BCUT2D eigenvalue weighted by Gasteiger charge is 2.38. The quantitative estimate of drug-likeness (QED) is 0.704. The molecule has 2 aliphatic rings. The predicted octanol–water partition coefficient (Wildman–Crippen LogP) is 2.89. The summed E-state index contributed by atoms with van der Waals surface area (Å²) in [4.78, 5) is 29.6. The molecule has 28 heavy (non-hydrogen) atoms. The number of rotatable bonds is 8. The van der Waals surface area contributed by atoms with Crippen LogP contribution in [0.2, 0.25) is 0 Å². The van der Waals surface area contributed by atoms with Gasteiger partial charge in [0.15, 0.2) is 0 Å². The molecule has 0 unspecified atom stereocenters. The van der Waals surface area contributed by atoms with Gasteiger partial charge in [-0.15, -0.1) is 0 Å². The Morgan fingerprint density at radius 3 is 2.21 bits per heavy atom. The summed E-state index contributed by atoms with van der Waals surface area (Å²) in [6.07, 6.45) is 6.14. The van der Waals surface area contributed by atoms with Crippen LogP contribution in [-0.4, -0.2) is 44.8 Å². The summed E-state index contributed by atoms with van der Waals surface area (Å²) in [6.45, 7) is 0.712. The van der Waals surface area contributed by atoms with Crippen molar-refractivity contribution in [1.82, 2.24) is 14.4 Å². The van der Waals surface area contributed by atoms with Crippen LogP contribution in [0.4, 0.5) is 4.39 Å². The van der Waals surface area contributed by atoms with Crippen molar-refractivity contribution in [2.45, 2.75) is 50.7 Å². The minimum absolute atomic E-state index is 0.0167. The molecule has 1 heterocycles. The Labute approximate surface area is 164 Å². The van der Waals surface area contributed by atoms with E-state index in [2.05, 4.69) is 0 Å². The lowest BCUT2D eigenvalue weighted by Crippen LogP contribution is -2.45. The third kappa shape index (κ3) is 4.43. The Hall–Kier alpha value is -2.63. The monoisotopic (exact) mass is 383 g/mol. The molecule has 2 aliphatic carbocycles. The summed E-state index contributed by atoms with van der Waals surface area (Å²) in [5, 5.41) is 0. The van der Waals surface area contributed by atoms with Gasteiger partial charge in [0.05, 0.1) is 13.0 Å². The van der Waals surface area contributed by atoms with Crippen molar-refractivity contribution in [3.8, 4) is 0 Å². The number of amides is 2. The number of aromatic nitrogens is 1. The van der Waals surface area contributed by atoms with Gasteiger partial charge in [0.1, 0.15) is 12.4 Å². The average molecular weight is 383 g/mol. The molecule has 2 aromatic rings.